The summed E-state index contributed by atoms with van der Waals surface area (Å²) in [4.78, 5) is 17.6. The zero-order valence-corrected chi connectivity index (χ0v) is 13.8. The van der Waals surface area contributed by atoms with Crippen molar-refractivity contribution in [2.24, 2.45) is 0 Å². The van der Waals surface area contributed by atoms with E-state index in [-0.39, 0.29) is 5.78 Å². The van der Waals surface area contributed by atoms with Gasteiger partial charge in [0.15, 0.2) is 5.60 Å². The zero-order valence-electron chi connectivity index (χ0n) is 11.4. The maximum Gasteiger partial charge on any atom is 0.216 e. The predicted octanol–water partition coefficient (Wildman–Crippen LogP) is 4.10. The fourth-order valence-electron chi connectivity index (χ4n) is 1.81. The number of ether oxygens (including phenoxy) is 1. The topological polar surface area (TPSA) is 44.8 Å². The lowest BCUT2D eigenvalue weighted by Gasteiger charge is -2.21. The predicted molar refractivity (Wildman–Crippen MR) is 81.0 cm³/mol. The molecule has 0 saturated heterocycles. The van der Waals surface area contributed by atoms with Gasteiger partial charge in [-0.05, 0) is 41.4 Å². The molecule has 1 heterocycles. The van der Waals surface area contributed by atoms with Gasteiger partial charge in [0.25, 0.3) is 0 Å². The van der Waals surface area contributed by atoms with Crippen molar-refractivity contribution in [1.29, 1.82) is 0 Å². The first kappa shape index (κ1) is 15.6. The number of benzene rings is 1. The van der Waals surface area contributed by atoms with Crippen LogP contribution in [0.4, 0.5) is 0 Å². The Labute approximate surface area is 130 Å². The van der Waals surface area contributed by atoms with Crippen molar-refractivity contribution in [3.63, 3.8) is 0 Å². The van der Waals surface area contributed by atoms with Gasteiger partial charge in [-0.15, -0.1) is 0 Å². The van der Waals surface area contributed by atoms with Crippen LogP contribution in [0.2, 0.25) is 0 Å². The molecule has 1 aliphatic rings. The Kier molecular flexibility index (Phi) is 4.90. The standard InChI is InChI=1S/C14H15BrO4S/c1-4-14(2)13(16)11(15)12(18-14)9-5-7-10(8-6-9)20-19-17-3/h5-8H,4H2,1-3H3. The lowest BCUT2D eigenvalue weighted by molar-refractivity contribution is -0.160. The van der Waals surface area contributed by atoms with Crippen LogP contribution < -0.4 is 0 Å². The highest BCUT2D eigenvalue weighted by atomic mass is 79.9. The van der Waals surface area contributed by atoms with Gasteiger partial charge in [0, 0.05) is 10.5 Å². The van der Waals surface area contributed by atoms with Crippen molar-refractivity contribution in [3.05, 3.63) is 34.3 Å². The van der Waals surface area contributed by atoms with Crippen LogP contribution in [0, 0.1) is 0 Å². The first-order valence-corrected chi connectivity index (χ1v) is 7.66. The quantitative estimate of drug-likeness (QED) is 0.450. The van der Waals surface area contributed by atoms with Crippen LogP contribution in [0.15, 0.2) is 33.6 Å². The number of carbonyl (C=O) groups excluding carboxylic acids is 1. The molecule has 0 bridgehead atoms. The van der Waals surface area contributed by atoms with Crippen molar-refractivity contribution < 1.29 is 18.8 Å². The summed E-state index contributed by atoms with van der Waals surface area (Å²) >= 11 is 4.46. The summed E-state index contributed by atoms with van der Waals surface area (Å²) in [6.07, 6.45) is 0.625. The van der Waals surface area contributed by atoms with E-state index in [0.29, 0.717) is 16.7 Å². The monoisotopic (exact) mass is 358 g/mol. The fraction of sp³-hybridized carbons (Fsp3) is 0.357. The van der Waals surface area contributed by atoms with Crippen molar-refractivity contribution in [2.75, 3.05) is 7.11 Å². The number of ketones is 1. The molecular weight excluding hydrogens is 344 g/mol. The average Bonchev–Trinajstić information content (AvgIpc) is 2.71. The number of halogens is 1. The molecule has 0 N–H and O–H groups in total. The number of hydrogen-bond donors (Lipinski definition) is 0. The molecule has 0 fully saturated rings. The minimum atomic E-state index is -0.777. The van der Waals surface area contributed by atoms with Crippen molar-refractivity contribution in [2.45, 2.75) is 30.8 Å². The molecule has 2 rings (SSSR count). The van der Waals surface area contributed by atoms with Crippen LogP contribution >= 0.6 is 28.0 Å². The minimum Gasteiger partial charge on any atom is -0.477 e. The third kappa shape index (κ3) is 2.93. The van der Waals surface area contributed by atoms with E-state index in [1.807, 2.05) is 31.2 Å². The molecule has 0 spiro atoms. The van der Waals surface area contributed by atoms with E-state index < -0.39 is 5.60 Å². The van der Waals surface area contributed by atoms with Gasteiger partial charge in [0.2, 0.25) is 5.78 Å². The third-order valence-corrected chi connectivity index (χ3v) is 4.58. The Balaban J connectivity index is 2.22. The normalized spacial score (nSPS) is 22.3. The molecule has 1 aromatic carbocycles. The Morgan fingerprint density at radius 3 is 2.50 bits per heavy atom. The first-order valence-electron chi connectivity index (χ1n) is 6.13. The Hall–Kier alpha value is -0.820. The number of rotatable bonds is 5. The van der Waals surface area contributed by atoms with Crippen LogP contribution in [0.1, 0.15) is 25.8 Å². The van der Waals surface area contributed by atoms with Gasteiger partial charge < -0.3 is 4.74 Å². The van der Waals surface area contributed by atoms with E-state index >= 15 is 0 Å². The van der Waals surface area contributed by atoms with E-state index in [1.165, 1.54) is 7.11 Å². The lowest BCUT2D eigenvalue weighted by Crippen LogP contribution is -2.32. The molecule has 1 aromatic rings. The molecule has 0 aromatic heterocycles. The van der Waals surface area contributed by atoms with Gasteiger partial charge in [-0.3, -0.25) is 4.79 Å². The number of carbonyl (C=O) groups is 1. The van der Waals surface area contributed by atoms with Crippen molar-refractivity contribution in [3.8, 4) is 0 Å². The first-order chi connectivity index (χ1) is 9.51. The second kappa shape index (κ2) is 6.30. The lowest BCUT2D eigenvalue weighted by atomic mass is 9.99. The number of hydrogen-bond acceptors (Lipinski definition) is 5. The smallest absolute Gasteiger partial charge is 0.216 e. The van der Waals surface area contributed by atoms with Gasteiger partial charge in [-0.1, -0.05) is 19.1 Å². The van der Waals surface area contributed by atoms with E-state index in [4.69, 9.17) is 9.07 Å². The third-order valence-electron chi connectivity index (χ3n) is 3.20. The highest BCUT2D eigenvalue weighted by Gasteiger charge is 2.43. The van der Waals surface area contributed by atoms with Gasteiger partial charge in [-0.25, -0.2) is 4.89 Å². The highest BCUT2D eigenvalue weighted by Crippen LogP contribution is 2.41. The molecule has 6 heteroatoms. The molecule has 1 unspecified atom stereocenters. The molecule has 0 amide bonds. The molecule has 0 radical (unpaired) electrons. The van der Waals surface area contributed by atoms with Gasteiger partial charge in [0.05, 0.1) is 19.2 Å². The zero-order chi connectivity index (χ0) is 14.8. The van der Waals surface area contributed by atoms with Crippen LogP contribution in [-0.2, 0) is 18.8 Å². The average molecular weight is 359 g/mol. The maximum atomic E-state index is 12.2. The molecule has 20 heavy (non-hydrogen) atoms. The van der Waals surface area contributed by atoms with E-state index in [1.54, 1.807) is 6.92 Å². The second-order valence-electron chi connectivity index (χ2n) is 4.50. The second-order valence-corrected chi connectivity index (χ2v) is 6.07. The van der Waals surface area contributed by atoms with Crippen LogP contribution in [0.3, 0.4) is 0 Å². The van der Waals surface area contributed by atoms with Crippen molar-refractivity contribution >= 4 is 39.5 Å². The molecule has 1 atom stereocenters. The fourth-order valence-corrected chi connectivity index (χ4v) is 2.93. The number of Topliss-reactive ketones (excluding diaryl/α,β-unsaturated/α-hetero) is 1. The van der Waals surface area contributed by atoms with Gasteiger partial charge in [0.1, 0.15) is 10.2 Å². The molecule has 0 saturated carbocycles. The molecular formula is C14H15BrO4S. The van der Waals surface area contributed by atoms with Crippen LogP contribution in [0.5, 0.6) is 0 Å². The highest BCUT2D eigenvalue weighted by molar-refractivity contribution is 9.12. The summed E-state index contributed by atoms with van der Waals surface area (Å²) in [6.45, 7) is 3.74. The Bertz CT molecular complexity index is 541. The van der Waals surface area contributed by atoms with E-state index in [2.05, 4.69) is 20.8 Å². The van der Waals surface area contributed by atoms with Crippen LogP contribution in [0.25, 0.3) is 5.76 Å². The maximum absolute atomic E-state index is 12.2. The summed E-state index contributed by atoms with van der Waals surface area (Å²) in [6, 6.07) is 7.52. The van der Waals surface area contributed by atoms with Gasteiger partial charge in [-0.2, -0.15) is 4.33 Å². The Morgan fingerprint density at radius 2 is 2.00 bits per heavy atom. The molecule has 4 nitrogen and oxygen atoms in total. The summed E-state index contributed by atoms with van der Waals surface area (Å²) in [7, 11) is 1.45. The summed E-state index contributed by atoms with van der Waals surface area (Å²) in [5.41, 5.74) is 0.0740. The summed E-state index contributed by atoms with van der Waals surface area (Å²) < 4.78 is 11.1. The molecule has 1 aliphatic heterocycles. The molecule has 108 valence electrons. The minimum absolute atomic E-state index is 0.0174. The van der Waals surface area contributed by atoms with E-state index in [0.717, 1.165) is 22.5 Å². The summed E-state index contributed by atoms with van der Waals surface area (Å²) in [5.74, 6) is 0.569. The molecule has 0 aliphatic carbocycles. The Morgan fingerprint density at radius 1 is 1.35 bits per heavy atom. The van der Waals surface area contributed by atoms with Crippen molar-refractivity contribution in [1.82, 2.24) is 0 Å². The van der Waals surface area contributed by atoms with E-state index in [9.17, 15) is 4.79 Å². The largest absolute Gasteiger partial charge is 0.477 e. The van der Waals surface area contributed by atoms with Crippen LogP contribution in [-0.4, -0.2) is 18.5 Å². The SMILES string of the molecule is CCC1(C)OC(c2ccc(SOOC)cc2)=C(Br)C1=O. The van der Waals surface area contributed by atoms with Gasteiger partial charge >= 0.3 is 0 Å². The summed E-state index contributed by atoms with van der Waals surface area (Å²) in [5, 5.41) is 0.